The van der Waals surface area contributed by atoms with Gasteiger partial charge in [-0.3, -0.25) is 0 Å². The Hall–Kier alpha value is -2.28. The lowest BCUT2D eigenvalue weighted by Crippen LogP contribution is -1.89. The van der Waals surface area contributed by atoms with Crippen molar-refractivity contribution < 1.29 is 4.74 Å². The van der Waals surface area contributed by atoms with Gasteiger partial charge in [-0.1, -0.05) is 48.5 Å². The summed E-state index contributed by atoms with van der Waals surface area (Å²) in [5.74, 6) is 0.901. The number of hydrogen-bond donors (Lipinski definition) is 0. The third kappa shape index (κ3) is 3.25. The van der Waals surface area contributed by atoms with E-state index in [-0.39, 0.29) is 0 Å². The van der Waals surface area contributed by atoms with Crippen molar-refractivity contribution in [3.63, 3.8) is 0 Å². The first-order valence-corrected chi connectivity index (χ1v) is 7.47. The largest absolute Gasteiger partial charge is 0.497 e. The Balaban J connectivity index is 2.01. The summed E-state index contributed by atoms with van der Waals surface area (Å²) < 4.78 is 5.26. The highest BCUT2D eigenvalue weighted by molar-refractivity contribution is 5.91. The smallest absolute Gasteiger partial charge is 0.118 e. The minimum absolute atomic E-state index is 0.901. The molecule has 106 valence electrons. The lowest BCUT2D eigenvalue weighted by molar-refractivity contribution is 0.415. The van der Waals surface area contributed by atoms with Crippen LogP contribution in [0.3, 0.4) is 0 Å². The molecule has 2 aromatic carbocycles. The summed E-state index contributed by atoms with van der Waals surface area (Å²) >= 11 is 0. The quantitative estimate of drug-likeness (QED) is 0.684. The highest BCUT2D eigenvalue weighted by Crippen LogP contribution is 2.33. The van der Waals surface area contributed by atoms with Crippen molar-refractivity contribution in [3.8, 4) is 5.75 Å². The molecule has 0 aromatic heterocycles. The van der Waals surface area contributed by atoms with Gasteiger partial charge in [0.25, 0.3) is 0 Å². The molecule has 1 aliphatic carbocycles. The number of ether oxygens (including phenoxy) is 1. The highest BCUT2D eigenvalue weighted by Gasteiger charge is 2.12. The van der Waals surface area contributed by atoms with Crippen LogP contribution >= 0.6 is 0 Å². The van der Waals surface area contributed by atoms with Crippen LogP contribution in [0.1, 0.15) is 30.4 Å². The first-order valence-electron chi connectivity index (χ1n) is 7.47. The maximum absolute atomic E-state index is 5.26. The predicted molar refractivity (Wildman–Crippen MR) is 89.2 cm³/mol. The van der Waals surface area contributed by atoms with Gasteiger partial charge in [-0.05, 0) is 59.7 Å². The Kier molecular flexibility index (Phi) is 4.20. The van der Waals surface area contributed by atoms with Crippen LogP contribution in [0.15, 0.2) is 66.2 Å². The second-order valence-corrected chi connectivity index (χ2v) is 5.32. The number of hydrogen-bond acceptors (Lipinski definition) is 1. The van der Waals surface area contributed by atoms with E-state index in [9.17, 15) is 0 Å². The van der Waals surface area contributed by atoms with Crippen LogP contribution in [0.2, 0.25) is 0 Å². The SMILES string of the molecule is COc1ccc(/C(=C\c2ccccc2)C2=CCCC2)cc1. The van der Waals surface area contributed by atoms with Crippen LogP contribution in [0.25, 0.3) is 11.6 Å². The molecule has 2 aromatic rings. The molecule has 3 rings (SSSR count). The summed E-state index contributed by atoms with van der Waals surface area (Å²) in [6.07, 6.45) is 8.29. The fourth-order valence-corrected chi connectivity index (χ4v) is 2.76. The zero-order valence-electron chi connectivity index (χ0n) is 12.4. The average molecular weight is 276 g/mol. The van der Waals surface area contributed by atoms with Gasteiger partial charge in [0.1, 0.15) is 5.75 Å². The molecule has 0 atom stereocenters. The molecule has 21 heavy (non-hydrogen) atoms. The fourth-order valence-electron chi connectivity index (χ4n) is 2.76. The molecule has 1 heteroatoms. The minimum Gasteiger partial charge on any atom is -0.497 e. The molecule has 0 spiro atoms. The van der Waals surface area contributed by atoms with Crippen molar-refractivity contribution in [2.45, 2.75) is 19.3 Å². The van der Waals surface area contributed by atoms with Crippen LogP contribution in [-0.4, -0.2) is 7.11 Å². The Morgan fingerprint density at radius 2 is 1.76 bits per heavy atom. The number of methoxy groups -OCH3 is 1. The molecule has 1 aliphatic rings. The van der Waals surface area contributed by atoms with Gasteiger partial charge in [0.15, 0.2) is 0 Å². The lowest BCUT2D eigenvalue weighted by atomic mass is 9.95. The Morgan fingerprint density at radius 3 is 2.38 bits per heavy atom. The third-order valence-electron chi connectivity index (χ3n) is 3.90. The van der Waals surface area contributed by atoms with E-state index in [0.29, 0.717) is 0 Å². The van der Waals surface area contributed by atoms with Gasteiger partial charge in [-0.2, -0.15) is 0 Å². The van der Waals surface area contributed by atoms with Gasteiger partial charge in [-0.25, -0.2) is 0 Å². The molecule has 0 amide bonds. The van der Waals surface area contributed by atoms with Gasteiger partial charge in [-0.15, -0.1) is 0 Å². The lowest BCUT2D eigenvalue weighted by Gasteiger charge is -2.11. The monoisotopic (exact) mass is 276 g/mol. The molecular weight excluding hydrogens is 256 g/mol. The summed E-state index contributed by atoms with van der Waals surface area (Å²) in [5.41, 5.74) is 5.30. The fraction of sp³-hybridized carbons (Fsp3) is 0.200. The van der Waals surface area contributed by atoms with Crippen molar-refractivity contribution in [1.82, 2.24) is 0 Å². The zero-order valence-corrected chi connectivity index (χ0v) is 12.4. The van der Waals surface area contributed by atoms with Crippen LogP contribution in [0, 0.1) is 0 Å². The van der Waals surface area contributed by atoms with Gasteiger partial charge >= 0.3 is 0 Å². The summed E-state index contributed by atoms with van der Waals surface area (Å²) in [6.45, 7) is 0. The van der Waals surface area contributed by atoms with Crippen molar-refractivity contribution in [2.75, 3.05) is 7.11 Å². The number of rotatable bonds is 4. The van der Waals surface area contributed by atoms with E-state index in [1.165, 1.54) is 41.5 Å². The minimum atomic E-state index is 0.901. The van der Waals surface area contributed by atoms with Crippen molar-refractivity contribution >= 4 is 11.6 Å². The molecule has 0 saturated carbocycles. The van der Waals surface area contributed by atoms with Crippen LogP contribution < -0.4 is 4.74 Å². The second kappa shape index (κ2) is 6.45. The number of benzene rings is 2. The first-order chi connectivity index (χ1) is 10.4. The van der Waals surface area contributed by atoms with Crippen molar-refractivity contribution in [3.05, 3.63) is 77.4 Å². The standard InChI is InChI=1S/C20H20O/c1-21-19-13-11-18(12-14-19)20(17-9-5-6-10-17)15-16-7-3-2-4-8-16/h2-4,7-9,11-15H,5-6,10H2,1H3/b20-15-. The average Bonchev–Trinajstić information content (AvgIpc) is 3.08. The Bertz CT molecular complexity index is 648. The van der Waals surface area contributed by atoms with Crippen LogP contribution in [0.5, 0.6) is 5.75 Å². The molecule has 0 N–H and O–H groups in total. The zero-order chi connectivity index (χ0) is 14.5. The summed E-state index contributed by atoms with van der Waals surface area (Å²) in [7, 11) is 1.70. The maximum atomic E-state index is 5.26. The molecule has 0 aliphatic heterocycles. The molecule has 0 fully saturated rings. The molecule has 1 nitrogen and oxygen atoms in total. The Morgan fingerprint density at radius 1 is 1.00 bits per heavy atom. The van der Waals surface area contributed by atoms with E-state index in [4.69, 9.17) is 4.74 Å². The second-order valence-electron chi connectivity index (χ2n) is 5.32. The first kappa shape index (κ1) is 13.7. The summed E-state index contributed by atoms with van der Waals surface area (Å²) in [4.78, 5) is 0. The highest BCUT2D eigenvalue weighted by atomic mass is 16.5. The normalized spacial score (nSPS) is 14.9. The van der Waals surface area contributed by atoms with Gasteiger partial charge < -0.3 is 4.74 Å². The molecule has 0 saturated heterocycles. The van der Waals surface area contributed by atoms with E-state index in [1.807, 2.05) is 12.1 Å². The molecular formula is C20H20O. The van der Waals surface area contributed by atoms with E-state index in [1.54, 1.807) is 7.11 Å². The van der Waals surface area contributed by atoms with Crippen molar-refractivity contribution in [1.29, 1.82) is 0 Å². The summed E-state index contributed by atoms with van der Waals surface area (Å²) in [5, 5.41) is 0. The van der Waals surface area contributed by atoms with E-state index >= 15 is 0 Å². The Labute approximate surface area is 126 Å². The van der Waals surface area contributed by atoms with E-state index < -0.39 is 0 Å². The molecule has 0 bridgehead atoms. The molecule has 0 heterocycles. The van der Waals surface area contributed by atoms with Gasteiger partial charge in [0, 0.05) is 0 Å². The maximum Gasteiger partial charge on any atom is 0.118 e. The number of allylic oxidation sites excluding steroid dienone is 3. The van der Waals surface area contributed by atoms with Gasteiger partial charge in [0.2, 0.25) is 0 Å². The predicted octanol–water partition coefficient (Wildman–Crippen LogP) is 5.35. The molecule has 0 unspecified atom stereocenters. The van der Waals surface area contributed by atoms with Crippen molar-refractivity contribution in [2.24, 2.45) is 0 Å². The molecule has 0 radical (unpaired) electrons. The van der Waals surface area contributed by atoms with E-state index in [2.05, 4.69) is 54.6 Å². The van der Waals surface area contributed by atoms with Crippen LogP contribution in [-0.2, 0) is 0 Å². The van der Waals surface area contributed by atoms with Gasteiger partial charge in [0.05, 0.1) is 7.11 Å². The topological polar surface area (TPSA) is 9.23 Å². The summed E-state index contributed by atoms with van der Waals surface area (Å²) in [6, 6.07) is 18.9. The third-order valence-corrected chi connectivity index (χ3v) is 3.90. The van der Waals surface area contributed by atoms with E-state index in [0.717, 1.165) is 5.75 Å². The van der Waals surface area contributed by atoms with Crippen LogP contribution in [0.4, 0.5) is 0 Å².